The van der Waals surface area contributed by atoms with Gasteiger partial charge in [0.15, 0.2) is 0 Å². The summed E-state index contributed by atoms with van der Waals surface area (Å²) < 4.78 is 7.11. The number of aryl methyl sites for hydroxylation is 1. The van der Waals surface area contributed by atoms with E-state index in [4.69, 9.17) is 21.9 Å². The van der Waals surface area contributed by atoms with Gasteiger partial charge in [0.05, 0.1) is 23.6 Å². The van der Waals surface area contributed by atoms with E-state index in [0.717, 1.165) is 31.5 Å². The number of carbonyl (C=O) groups is 1. The Hall–Kier alpha value is -2.23. The smallest absolute Gasteiger partial charge is 0.267 e. The van der Waals surface area contributed by atoms with Crippen LogP contribution in [0.25, 0.3) is 11.7 Å². The molecule has 0 N–H and O–H groups in total. The van der Waals surface area contributed by atoms with Gasteiger partial charge in [-0.15, -0.1) is 0 Å². The molecule has 2 aliphatic heterocycles. The van der Waals surface area contributed by atoms with Crippen molar-refractivity contribution in [2.75, 3.05) is 38.3 Å². The molecule has 158 valence electrons. The molecule has 2 fully saturated rings. The predicted octanol–water partition coefficient (Wildman–Crippen LogP) is 2.84. The molecule has 1 amide bonds. The van der Waals surface area contributed by atoms with E-state index < -0.39 is 0 Å². The molecular formula is C21H24N4O3S2. The second kappa shape index (κ2) is 8.87. The first-order valence-corrected chi connectivity index (χ1v) is 11.2. The van der Waals surface area contributed by atoms with Gasteiger partial charge in [0.2, 0.25) is 0 Å². The lowest BCUT2D eigenvalue weighted by atomic mass is 10.1. The van der Waals surface area contributed by atoms with E-state index in [1.807, 2.05) is 19.1 Å². The Kier molecular flexibility index (Phi) is 6.21. The Balaban J connectivity index is 1.83. The zero-order valence-electron chi connectivity index (χ0n) is 17.1. The zero-order valence-corrected chi connectivity index (χ0v) is 18.7. The molecule has 9 heteroatoms. The van der Waals surface area contributed by atoms with E-state index >= 15 is 0 Å². The Morgan fingerprint density at radius 3 is 2.73 bits per heavy atom. The van der Waals surface area contributed by atoms with Crippen molar-refractivity contribution in [3.8, 4) is 0 Å². The molecule has 0 aromatic carbocycles. The van der Waals surface area contributed by atoms with Crippen LogP contribution in [0, 0.1) is 6.92 Å². The lowest BCUT2D eigenvalue weighted by Crippen LogP contribution is -2.34. The van der Waals surface area contributed by atoms with Gasteiger partial charge in [-0.1, -0.05) is 30.0 Å². The van der Waals surface area contributed by atoms with E-state index in [9.17, 15) is 9.59 Å². The third-order valence-corrected chi connectivity index (χ3v) is 6.69. The number of thiocarbonyl (C=S) groups is 1. The van der Waals surface area contributed by atoms with Gasteiger partial charge >= 0.3 is 0 Å². The number of amides is 1. The SMILES string of the molecule is COCCN1C(=O)/C(=C/c2c(N3CCCCC3)nc3ccc(C)cn3c2=O)SC1=S. The molecule has 4 heterocycles. The maximum absolute atomic E-state index is 13.4. The Bertz CT molecular complexity index is 1090. The van der Waals surface area contributed by atoms with Gasteiger partial charge in [-0.05, 0) is 43.9 Å². The summed E-state index contributed by atoms with van der Waals surface area (Å²) in [5, 5.41) is 0. The van der Waals surface area contributed by atoms with E-state index in [1.165, 1.54) is 23.1 Å². The highest BCUT2D eigenvalue weighted by molar-refractivity contribution is 8.26. The molecule has 2 saturated heterocycles. The van der Waals surface area contributed by atoms with Gasteiger partial charge in [0.1, 0.15) is 15.8 Å². The Labute approximate surface area is 184 Å². The lowest BCUT2D eigenvalue weighted by molar-refractivity contribution is -0.122. The molecule has 0 bridgehead atoms. The van der Waals surface area contributed by atoms with Crippen molar-refractivity contribution in [1.82, 2.24) is 14.3 Å². The Morgan fingerprint density at radius 1 is 1.23 bits per heavy atom. The fraction of sp³-hybridized carbons (Fsp3) is 0.429. The molecular weight excluding hydrogens is 420 g/mol. The van der Waals surface area contributed by atoms with Gasteiger partial charge < -0.3 is 9.64 Å². The molecule has 0 aliphatic carbocycles. The van der Waals surface area contributed by atoms with Gasteiger partial charge in [0, 0.05) is 26.4 Å². The predicted molar refractivity (Wildman–Crippen MR) is 124 cm³/mol. The third-order valence-electron chi connectivity index (χ3n) is 5.31. The minimum absolute atomic E-state index is 0.175. The number of aromatic nitrogens is 2. The Morgan fingerprint density at radius 2 is 2.00 bits per heavy atom. The molecule has 0 atom stereocenters. The van der Waals surface area contributed by atoms with E-state index in [0.29, 0.717) is 39.4 Å². The highest BCUT2D eigenvalue weighted by Crippen LogP contribution is 2.33. The number of methoxy groups -OCH3 is 1. The van der Waals surface area contributed by atoms with Crippen LogP contribution in [0.3, 0.4) is 0 Å². The summed E-state index contributed by atoms with van der Waals surface area (Å²) in [7, 11) is 1.59. The van der Waals surface area contributed by atoms with Crippen molar-refractivity contribution >= 4 is 51.7 Å². The van der Waals surface area contributed by atoms with Crippen LogP contribution in [0.5, 0.6) is 0 Å². The van der Waals surface area contributed by atoms with Crippen molar-refractivity contribution in [2.45, 2.75) is 26.2 Å². The van der Waals surface area contributed by atoms with Crippen LogP contribution in [0.2, 0.25) is 0 Å². The number of ether oxygens (including phenoxy) is 1. The fourth-order valence-electron chi connectivity index (χ4n) is 3.73. The first kappa shape index (κ1) is 21.0. The van der Waals surface area contributed by atoms with Crippen LogP contribution in [-0.2, 0) is 9.53 Å². The number of anilines is 1. The summed E-state index contributed by atoms with van der Waals surface area (Å²) in [5.41, 5.74) is 1.84. The molecule has 0 saturated carbocycles. The third kappa shape index (κ3) is 4.01. The number of pyridine rings is 1. The van der Waals surface area contributed by atoms with Gasteiger partial charge in [-0.3, -0.25) is 18.9 Å². The first-order chi connectivity index (χ1) is 14.5. The minimum Gasteiger partial charge on any atom is -0.383 e. The molecule has 0 radical (unpaired) electrons. The van der Waals surface area contributed by atoms with Crippen molar-refractivity contribution in [1.29, 1.82) is 0 Å². The van der Waals surface area contributed by atoms with Crippen LogP contribution >= 0.6 is 24.0 Å². The van der Waals surface area contributed by atoms with E-state index in [2.05, 4.69) is 4.90 Å². The summed E-state index contributed by atoms with van der Waals surface area (Å²) in [6, 6.07) is 3.81. The number of hydrogen-bond acceptors (Lipinski definition) is 7. The maximum Gasteiger partial charge on any atom is 0.267 e. The first-order valence-electron chi connectivity index (χ1n) is 10.0. The quantitative estimate of drug-likeness (QED) is 0.519. The number of fused-ring (bicyclic) bond motifs is 1. The van der Waals surface area contributed by atoms with Crippen LogP contribution in [0.4, 0.5) is 5.82 Å². The normalized spacial score (nSPS) is 18.8. The van der Waals surface area contributed by atoms with E-state index in [-0.39, 0.29) is 11.5 Å². The van der Waals surface area contributed by atoms with Crippen molar-refractivity contribution < 1.29 is 9.53 Å². The maximum atomic E-state index is 13.4. The standard InChI is InChI=1S/C21H24N4O3S2/c1-14-6-7-17-22-18(23-8-4-3-5-9-23)15(19(26)25(17)13-14)12-16-20(27)24(10-11-28-2)21(29)30-16/h6-7,12-13H,3-5,8-11H2,1-2H3/b16-12-. The van der Waals surface area contributed by atoms with Crippen LogP contribution < -0.4 is 10.5 Å². The van der Waals surface area contributed by atoms with Crippen molar-refractivity contribution in [3.63, 3.8) is 0 Å². The van der Waals surface area contributed by atoms with Crippen LogP contribution in [-0.4, -0.2) is 57.9 Å². The minimum atomic E-state index is -0.194. The molecule has 2 aromatic rings. The monoisotopic (exact) mass is 444 g/mol. The van der Waals surface area contributed by atoms with Crippen LogP contribution in [0.1, 0.15) is 30.4 Å². The van der Waals surface area contributed by atoms with Crippen molar-refractivity contribution in [3.05, 3.63) is 44.7 Å². The van der Waals surface area contributed by atoms with Crippen molar-refractivity contribution in [2.24, 2.45) is 0 Å². The summed E-state index contributed by atoms with van der Waals surface area (Å²) in [6.07, 6.45) is 6.75. The van der Waals surface area contributed by atoms with E-state index in [1.54, 1.807) is 23.8 Å². The topological polar surface area (TPSA) is 67.2 Å². The molecule has 2 aromatic heterocycles. The fourth-order valence-corrected chi connectivity index (χ4v) is 5.02. The molecule has 2 aliphatic rings. The second-order valence-corrected chi connectivity index (χ2v) is 9.14. The average Bonchev–Trinajstić information content (AvgIpc) is 3.02. The van der Waals surface area contributed by atoms with Gasteiger partial charge in [0.25, 0.3) is 11.5 Å². The highest BCUT2D eigenvalue weighted by atomic mass is 32.2. The molecule has 0 spiro atoms. The summed E-state index contributed by atoms with van der Waals surface area (Å²) in [4.78, 5) is 35.3. The number of thioether (sulfide) groups is 1. The lowest BCUT2D eigenvalue weighted by Gasteiger charge is -2.29. The largest absolute Gasteiger partial charge is 0.383 e. The second-order valence-electron chi connectivity index (χ2n) is 7.46. The van der Waals surface area contributed by atoms with Gasteiger partial charge in [-0.2, -0.15) is 0 Å². The number of piperidine rings is 1. The summed E-state index contributed by atoms with van der Waals surface area (Å²) in [6.45, 7) is 4.43. The molecule has 4 rings (SSSR count). The summed E-state index contributed by atoms with van der Waals surface area (Å²) in [5.74, 6) is 0.450. The van der Waals surface area contributed by atoms with Gasteiger partial charge in [-0.25, -0.2) is 4.98 Å². The number of rotatable bonds is 5. The highest BCUT2D eigenvalue weighted by Gasteiger charge is 2.32. The number of carbonyl (C=O) groups excluding carboxylic acids is 1. The number of hydrogen-bond donors (Lipinski definition) is 0. The van der Waals surface area contributed by atoms with Crippen LogP contribution in [0.15, 0.2) is 28.0 Å². The molecule has 7 nitrogen and oxygen atoms in total. The summed E-state index contributed by atoms with van der Waals surface area (Å²) >= 11 is 6.59. The number of nitrogens with zero attached hydrogens (tertiary/aromatic N) is 4. The average molecular weight is 445 g/mol. The molecule has 30 heavy (non-hydrogen) atoms. The molecule has 0 unspecified atom stereocenters. The zero-order chi connectivity index (χ0) is 21.3.